The van der Waals surface area contributed by atoms with Gasteiger partial charge < -0.3 is 5.32 Å². The Bertz CT molecular complexity index is 1050. The third kappa shape index (κ3) is 4.97. The fourth-order valence-electron chi connectivity index (χ4n) is 2.66. The Hall–Kier alpha value is -2.69. The molecule has 1 N–H and O–H groups in total. The molecular formula is C23H21ClN2OS. The van der Waals surface area contributed by atoms with Crippen LogP contribution in [-0.4, -0.2) is 11.6 Å². The molecule has 0 atom stereocenters. The minimum atomic E-state index is -0.136. The van der Waals surface area contributed by atoms with Crippen molar-refractivity contribution in [3.8, 4) is 0 Å². The molecule has 142 valence electrons. The largest absolute Gasteiger partial charge is 0.321 e. The van der Waals surface area contributed by atoms with Crippen molar-refractivity contribution in [2.24, 2.45) is 4.99 Å². The van der Waals surface area contributed by atoms with Crippen molar-refractivity contribution in [3.05, 3.63) is 92.7 Å². The van der Waals surface area contributed by atoms with Gasteiger partial charge in [0.15, 0.2) is 0 Å². The number of benzene rings is 2. The zero-order chi connectivity index (χ0) is 20.1. The van der Waals surface area contributed by atoms with Gasteiger partial charge in [-0.3, -0.25) is 4.79 Å². The van der Waals surface area contributed by atoms with Crippen molar-refractivity contribution >= 4 is 45.9 Å². The van der Waals surface area contributed by atoms with E-state index in [9.17, 15) is 4.79 Å². The van der Waals surface area contributed by atoms with Gasteiger partial charge >= 0.3 is 0 Å². The van der Waals surface area contributed by atoms with Crippen LogP contribution in [0.3, 0.4) is 0 Å². The third-order valence-corrected chi connectivity index (χ3v) is 5.23. The van der Waals surface area contributed by atoms with E-state index >= 15 is 0 Å². The highest BCUT2D eigenvalue weighted by Gasteiger charge is 2.12. The summed E-state index contributed by atoms with van der Waals surface area (Å²) in [5.74, 6) is -0.136. The number of aliphatic imine (C=N–C) groups is 1. The maximum Gasteiger partial charge on any atom is 0.265 e. The highest BCUT2D eigenvalue weighted by molar-refractivity contribution is 7.12. The van der Waals surface area contributed by atoms with E-state index in [-0.39, 0.29) is 5.91 Å². The number of aryl methyl sites for hydroxylation is 1. The molecule has 0 fully saturated rings. The number of nitrogens with one attached hydrogen (secondary N) is 1. The van der Waals surface area contributed by atoms with Crippen LogP contribution in [0.5, 0.6) is 0 Å². The fourth-order valence-corrected chi connectivity index (χ4v) is 3.50. The highest BCUT2D eigenvalue weighted by Crippen LogP contribution is 2.26. The molecule has 2 aromatic carbocycles. The van der Waals surface area contributed by atoms with Crippen LogP contribution >= 0.6 is 22.9 Å². The van der Waals surface area contributed by atoms with Gasteiger partial charge in [-0.15, -0.1) is 11.3 Å². The first-order chi connectivity index (χ1) is 13.4. The number of anilines is 1. The van der Waals surface area contributed by atoms with Gasteiger partial charge in [-0.25, -0.2) is 4.99 Å². The summed E-state index contributed by atoms with van der Waals surface area (Å²) in [6.45, 7) is 6.06. The minimum Gasteiger partial charge on any atom is -0.321 e. The third-order valence-electron chi connectivity index (χ3n) is 4.03. The molecule has 0 aliphatic heterocycles. The van der Waals surface area contributed by atoms with E-state index in [4.69, 9.17) is 16.6 Å². The van der Waals surface area contributed by atoms with Crippen molar-refractivity contribution in [1.82, 2.24) is 0 Å². The molecule has 28 heavy (non-hydrogen) atoms. The molecule has 0 unspecified atom stereocenters. The zero-order valence-corrected chi connectivity index (χ0v) is 17.6. The van der Waals surface area contributed by atoms with Crippen molar-refractivity contribution in [2.45, 2.75) is 20.8 Å². The highest BCUT2D eigenvalue weighted by atomic mass is 35.5. The van der Waals surface area contributed by atoms with E-state index in [2.05, 4.69) is 5.32 Å². The summed E-state index contributed by atoms with van der Waals surface area (Å²) >= 11 is 7.90. The maximum atomic E-state index is 12.4. The molecule has 5 heteroatoms. The number of nitrogens with zero attached hydrogens (tertiary/aromatic N) is 1. The van der Waals surface area contributed by atoms with Crippen LogP contribution in [-0.2, 0) is 0 Å². The quantitative estimate of drug-likeness (QED) is 0.451. The average molecular weight is 409 g/mol. The Kier molecular flexibility index (Phi) is 6.45. The van der Waals surface area contributed by atoms with Crippen molar-refractivity contribution in [3.63, 3.8) is 0 Å². The van der Waals surface area contributed by atoms with E-state index in [0.29, 0.717) is 15.6 Å². The van der Waals surface area contributed by atoms with Crippen LogP contribution in [0.4, 0.5) is 11.4 Å². The molecule has 0 radical (unpaired) electrons. The first-order valence-corrected chi connectivity index (χ1v) is 10.1. The smallest absolute Gasteiger partial charge is 0.265 e. The maximum absolute atomic E-state index is 12.4. The number of thiophene rings is 1. The second-order valence-electron chi connectivity index (χ2n) is 6.63. The van der Waals surface area contributed by atoms with E-state index in [1.54, 1.807) is 18.2 Å². The molecule has 3 aromatic rings. The second kappa shape index (κ2) is 9.00. The number of carbonyl (C=O) groups is 1. The van der Waals surface area contributed by atoms with E-state index < -0.39 is 0 Å². The zero-order valence-electron chi connectivity index (χ0n) is 16.0. The van der Waals surface area contributed by atoms with E-state index in [0.717, 1.165) is 28.1 Å². The van der Waals surface area contributed by atoms with Crippen LogP contribution < -0.4 is 5.32 Å². The van der Waals surface area contributed by atoms with Gasteiger partial charge in [0.25, 0.3) is 5.91 Å². The van der Waals surface area contributed by atoms with Crippen LogP contribution in [0.15, 0.2) is 76.6 Å². The van der Waals surface area contributed by atoms with E-state index in [1.165, 1.54) is 11.3 Å². The number of amides is 1. The lowest BCUT2D eigenvalue weighted by molar-refractivity contribution is 0.103. The van der Waals surface area contributed by atoms with Crippen LogP contribution in [0.25, 0.3) is 0 Å². The predicted octanol–water partition coefficient (Wildman–Crippen LogP) is 7.05. The summed E-state index contributed by atoms with van der Waals surface area (Å²) in [5.41, 5.74) is 5.29. The average Bonchev–Trinajstić information content (AvgIpc) is 3.19. The molecule has 3 rings (SSSR count). The molecule has 3 nitrogen and oxygen atoms in total. The molecule has 1 heterocycles. The standard InChI is InChI=1S/C23H21ClN2OS/c1-15(2)13-21(26-20-8-5-4-7-16(20)3)18-14-17(10-11-19(18)24)25-23(27)22-9-6-12-28-22/h4-14H,1-3H3,(H,25,27). The summed E-state index contributed by atoms with van der Waals surface area (Å²) in [7, 11) is 0. The first kappa shape index (κ1) is 20.1. The van der Waals surface area contributed by atoms with Crippen molar-refractivity contribution in [1.29, 1.82) is 0 Å². The monoisotopic (exact) mass is 408 g/mol. The van der Waals surface area contributed by atoms with Crippen LogP contribution in [0, 0.1) is 6.92 Å². The summed E-state index contributed by atoms with van der Waals surface area (Å²) in [5, 5.41) is 5.39. The number of para-hydroxylation sites is 1. The topological polar surface area (TPSA) is 41.5 Å². The lowest BCUT2D eigenvalue weighted by Crippen LogP contribution is -2.11. The van der Waals surface area contributed by atoms with Gasteiger partial charge in [-0.2, -0.15) is 0 Å². The van der Waals surface area contributed by atoms with Gasteiger partial charge in [0.05, 0.1) is 21.3 Å². The van der Waals surface area contributed by atoms with Gasteiger partial charge in [0.2, 0.25) is 0 Å². The molecule has 0 spiro atoms. The van der Waals surface area contributed by atoms with Gasteiger partial charge in [-0.05, 0) is 68.1 Å². The summed E-state index contributed by atoms with van der Waals surface area (Å²) < 4.78 is 0. The lowest BCUT2D eigenvalue weighted by Gasteiger charge is -2.11. The first-order valence-electron chi connectivity index (χ1n) is 8.88. The number of hydrogen-bond donors (Lipinski definition) is 1. The second-order valence-corrected chi connectivity index (χ2v) is 7.99. The Morgan fingerprint density at radius 2 is 1.89 bits per heavy atom. The fraction of sp³-hybridized carbons (Fsp3) is 0.130. The molecule has 1 aromatic heterocycles. The number of allylic oxidation sites excluding steroid dienone is 2. The molecule has 1 amide bonds. The number of halogens is 1. The van der Waals surface area contributed by atoms with Crippen molar-refractivity contribution in [2.75, 3.05) is 5.32 Å². The lowest BCUT2D eigenvalue weighted by atomic mass is 10.1. The van der Waals surface area contributed by atoms with Gasteiger partial charge in [0.1, 0.15) is 0 Å². The van der Waals surface area contributed by atoms with E-state index in [1.807, 2.05) is 68.6 Å². The summed E-state index contributed by atoms with van der Waals surface area (Å²) in [6, 6.07) is 17.1. The van der Waals surface area contributed by atoms with Gasteiger partial charge in [-0.1, -0.05) is 41.4 Å². The molecule has 0 bridgehead atoms. The summed E-state index contributed by atoms with van der Waals surface area (Å²) in [4.78, 5) is 17.9. The number of rotatable bonds is 5. The Morgan fingerprint density at radius 1 is 1.11 bits per heavy atom. The molecule has 0 aliphatic rings. The number of hydrogen-bond acceptors (Lipinski definition) is 3. The normalized spacial score (nSPS) is 11.2. The Labute approximate surface area is 174 Å². The predicted molar refractivity (Wildman–Crippen MR) is 121 cm³/mol. The van der Waals surface area contributed by atoms with Crippen molar-refractivity contribution < 1.29 is 4.79 Å². The SMILES string of the molecule is CC(C)=CC(=Nc1ccccc1C)c1cc(NC(=O)c2cccs2)ccc1Cl. The summed E-state index contributed by atoms with van der Waals surface area (Å²) in [6.07, 6.45) is 2.00. The van der Waals surface area contributed by atoms with Crippen LogP contribution in [0.2, 0.25) is 5.02 Å². The Balaban J connectivity index is 2.02. The number of carbonyl (C=O) groups excluding carboxylic acids is 1. The van der Waals surface area contributed by atoms with Crippen LogP contribution in [0.1, 0.15) is 34.6 Å². The molecular weight excluding hydrogens is 388 g/mol. The molecule has 0 aliphatic carbocycles. The minimum absolute atomic E-state index is 0.136. The Morgan fingerprint density at radius 3 is 2.57 bits per heavy atom. The molecule has 0 saturated heterocycles. The molecule has 0 saturated carbocycles. The van der Waals surface area contributed by atoms with Gasteiger partial charge in [0, 0.05) is 11.3 Å².